The molecule has 3 heteroatoms. The van der Waals surface area contributed by atoms with Crippen LogP contribution < -0.4 is 0 Å². The third kappa shape index (κ3) is 5.82. The molecular formula is C6H9IO2. The molecule has 0 saturated carbocycles. The van der Waals surface area contributed by atoms with Crippen LogP contribution in [0.5, 0.6) is 0 Å². The van der Waals surface area contributed by atoms with Gasteiger partial charge in [-0.2, -0.15) is 0 Å². The largest absolute Gasteiger partial charge is 0.501 e. The fraction of sp³-hybridized carbons (Fsp3) is 0.500. The Morgan fingerprint density at radius 3 is 2.89 bits per heavy atom. The molecule has 0 heterocycles. The van der Waals surface area contributed by atoms with Gasteiger partial charge in [0.1, 0.15) is 0 Å². The van der Waals surface area contributed by atoms with E-state index in [1.54, 1.807) is 0 Å². The highest BCUT2D eigenvalue weighted by Gasteiger charge is 1.88. The van der Waals surface area contributed by atoms with E-state index in [-0.39, 0.29) is 5.78 Å². The molecule has 0 aromatic heterocycles. The van der Waals surface area contributed by atoms with Gasteiger partial charge in [0.2, 0.25) is 0 Å². The first kappa shape index (κ1) is 8.94. The third-order valence-corrected chi connectivity index (χ3v) is 1.40. The van der Waals surface area contributed by atoms with E-state index in [2.05, 4.69) is 0 Å². The molecule has 0 aromatic rings. The second-order valence-corrected chi connectivity index (χ2v) is 2.12. The number of allylic oxidation sites excluding steroid dienone is 1. The van der Waals surface area contributed by atoms with Crippen molar-refractivity contribution in [2.45, 2.75) is 6.92 Å². The number of rotatable bonds is 4. The molecule has 0 amide bonds. The van der Waals surface area contributed by atoms with Crippen LogP contribution in [0, 0.1) is 0 Å². The van der Waals surface area contributed by atoms with Gasteiger partial charge in [-0.25, -0.2) is 0 Å². The summed E-state index contributed by atoms with van der Waals surface area (Å²) in [5.74, 6) is 0.0871. The van der Waals surface area contributed by atoms with Crippen LogP contribution in [-0.4, -0.2) is 16.8 Å². The highest BCUT2D eigenvalue weighted by molar-refractivity contribution is 14.1. The van der Waals surface area contributed by atoms with Crippen molar-refractivity contribution in [2.75, 3.05) is 11.0 Å². The Balaban J connectivity index is 3.32. The fourth-order valence-corrected chi connectivity index (χ4v) is 0.519. The Labute approximate surface area is 68.4 Å². The summed E-state index contributed by atoms with van der Waals surface area (Å²) in [6.07, 6.45) is 2.87. The summed E-state index contributed by atoms with van der Waals surface area (Å²) in [6, 6.07) is 0. The lowest BCUT2D eigenvalue weighted by molar-refractivity contribution is -0.112. The summed E-state index contributed by atoms with van der Waals surface area (Å²) < 4.78 is 5.32. The molecule has 0 bridgehead atoms. The molecule has 0 aliphatic carbocycles. The molecule has 0 N–H and O–H groups in total. The normalized spacial score (nSPS) is 10.0. The second kappa shape index (κ2) is 6.07. The molecule has 0 saturated heterocycles. The number of alkyl halides is 1. The van der Waals surface area contributed by atoms with Crippen LogP contribution in [0.25, 0.3) is 0 Å². The van der Waals surface area contributed by atoms with Crippen LogP contribution >= 0.6 is 22.6 Å². The van der Waals surface area contributed by atoms with E-state index < -0.39 is 0 Å². The highest BCUT2D eigenvalue weighted by atomic mass is 127. The molecule has 52 valence electrons. The molecule has 0 radical (unpaired) electrons. The van der Waals surface area contributed by atoms with Gasteiger partial charge in [-0.05, 0) is 6.92 Å². The van der Waals surface area contributed by atoms with Gasteiger partial charge in [0.25, 0.3) is 0 Å². The maximum absolute atomic E-state index is 10.5. The summed E-state index contributed by atoms with van der Waals surface area (Å²) in [6.45, 7) is 2.49. The lowest BCUT2D eigenvalue weighted by atomic mass is 10.4. The van der Waals surface area contributed by atoms with E-state index in [9.17, 15) is 4.79 Å². The molecule has 0 aromatic carbocycles. The Bertz CT molecular complexity index is 110. The predicted octanol–water partition coefficient (Wildman–Crippen LogP) is 1.54. The molecule has 0 atom stereocenters. The minimum atomic E-state index is 0.0871. The Kier molecular flexibility index (Phi) is 6.03. The third-order valence-electron chi connectivity index (χ3n) is 0.649. The Morgan fingerprint density at radius 2 is 2.44 bits per heavy atom. The molecule has 9 heavy (non-hydrogen) atoms. The number of carbonyl (C=O) groups is 1. The van der Waals surface area contributed by atoms with E-state index in [0.29, 0.717) is 11.0 Å². The van der Waals surface area contributed by atoms with Gasteiger partial charge in [-0.1, -0.05) is 22.6 Å². The van der Waals surface area contributed by atoms with E-state index in [1.807, 2.05) is 29.5 Å². The minimum Gasteiger partial charge on any atom is -0.501 e. The number of carbonyl (C=O) groups excluding carboxylic acids is 1. The molecule has 0 rings (SSSR count). The van der Waals surface area contributed by atoms with Crippen molar-refractivity contribution in [3.05, 3.63) is 12.3 Å². The topological polar surface area (TPSA) is 26.3 Å². The van der Waals surface area contributed by atoms with Crippen molar-refractivity contribution in [2.24, 2.45) is 0 Å². The van der Waals surface area contributed by atoms with Gasteiger partial charge in [-0.3, -0.25) is 4.79 Å². The van der Waals surface area contributed by atoms with Crippen LogP contribution in [0.4, 0.5) is 0 Å². The standard InChI is InChI=1S/C6H9IO2/c1-2-9-4-3-6(8)5-7/h3-4H,2,5H2,1H3/b4-3+. The maximum Gasteiger partial charge on any atom is 0.168 e. The molecular weight excluding hydrogens is 231 g/mol. The lowest BCUT2D eigenvalue weighted by Crippen LogP contribution is -1.92. The maximum atomic E-state index is 10.5. The summed E-state index contributed by atoms with van der Waals surface area (Å²) in [5.41, 5.74) is 0. The summed E-state index contributed by atoms with van der Waals surface area (Å²) >= 11 is 2.01. The van der Waals surface area contributed by atoms with Gasteiger partial charge in [0, 0.05) is 6.08 Å². The predicted molar refractivity (Wildman–Crippen MR) is 44.7 cm³/mol. The molecule has 0 fully saturated rings. The van der Waals surface area contributed by atoms with Gasteiger partial charge in [0.05, 0.1) is 17.3 Å². The first-order chi connectivity index (χ1) is 4.31. The summed E-state index contributed by atoms with van der Waals surface area (Å²) in [5, 5.41) is 0. The first-order valence-corrected chi connectivity index (χ1v) is 4.20. The quantitative estimate of drug-likeness (QED) is 0.322. The zero-order valence-corrected chi connectivity index (χ0v) is 7.42. The van der Waals surface area contributed by atoms with E-state index in [0.717, 1.165) is 0 Å². The second-order valence-electron chi connectivity index (χ2n) is 1.36. The Hall–Kier alpha value is -0.0600. The smallest absolute Gasteiger partial charge is 0.168 e. The van der Waals surface area contributed by atoms with E-state index in [1.165, 1.54) is 12.3 Å². The lowest BCUT2D eigenvalue weighted by Gasteiger charge is -1.89. The van der Waals surface area contributed by atoms with Crippen LogP contribution in [0.2, 0.25) is 0 Å². The first-order valence-electron chi connectivity index (χ1n) is 2.68. The zero-order chi connectivity index (χ0) is 7.11. The molecule has 0 aliphatic rings. The Morgan fingerprint density at radius 1 is 1.78 bits per heavy atom. The SMILES string of the molecule is CCO/C=C/C(=O)CI. The van der Waals surface area contributed by atoms with Crippen molar-refractivity contribution < 1.29 is 9.53 Å². The van der Waals surface area contributed by atoms with Gasteiger partial charge < -0.3 is 4.74 Å². The molecule has 2 nitrogen and oxygen atoms in total. The van der Waals surface area contributed by atoms with Crippen molar-refractivity contribution in [3.8, 4) is 0 Å². The number of ether oxygens (including phenoxy) is 1. The van der Waals surface area contributed by atoms with E-state index >= 15 is 0 Å². The molecule has 0 aliphatic heterocycles. The zero-order valence-electron chi connectivity index (χ0n) is 5.26. The van der Waals surface area contributed by atoms with Crippen LogP contribution in [0.3, 0.4) is 0 Å². The number of hydrogen-bond donors (Lipinski definition) is 0. The average Bonchev–Trinajstić information content (AvgIpc) is 1.89. The fourth-order valence-electron chi connectivity index (χ4n) is 0.265. The van der Waals surface area contributed by atoms with Crippen LogP contribution in [-0.2, 0) is 9.53 Å². The minimum absolute atomic E-state index is 0.0871. The van der Waals surface area contributed by atoms with E-state index in [4.69, 9.17) is 4.74 Å². The number of halogens is 1. The summed E-state index contributed by atoms with van der Waals surface area (Å²) in [4.78, 5) is 10.5. The number of ketones is 1. The van der Waals surface area contributed by atoms with Gasteiger partial charge in [0.15, 0.2) is 5.78 Å². The van der Waals surface area contributed by atoms with Crippen molar-refractivity contribution in [1.29, 1.82) is 0 Å². The summed E-state index contributed by atoms with van der Waals surface area (Å²) in [7, 11) is 0. The number of hydrogen-bond acceptors (Lipinski definition) is 2. The van der Waals surface area contributed by atoms with Crippen molar-refractivity contribution >= 4 is 28.4 Å². The van der Waals surface area contributed by atoms with Crippen LogP contribution in [0.1, 0.15) is 6.92 Å². The van der Waals surface area contributed by atoms with Gasteiger partial charge in [-0.15, -0.1) is 0 Å². The monoisotopic (exact) mass is 240 g/mol. The van der Waals surface area contributed by atoms with Crippen LogP contribution in [0.15, 0.2) is 12.3 Å². The molecule has 0 unspecified atom stereocenters. The van der Waals surface area contributed by atoms with Gasteiger partial charge >= 0.3 is 0 Å². The van der Waals surface area contributed by atoms with Crippen molar-refractivity contribution in [1.82, 2.24) is 0 Å². The highest BCUT2D eigenvalue weighted by Crippen LogP contribution is 1.85. The molecule has 0 spiro atoms. The van der Waals surface area contributed by atoms with Crippen molar-refractivity contribution in [3.63, 3.8) is 0 Å². The average molecular weight is 240 g/mol.